The van der Waals surface area contributed by atoms with E-state index in [-0.39, 0.29) is 6.61 Å². The highest BCUT2D eigenvalue weighted by molar-refractivity contribution is 7.20. The molecule has 0 unspecified atom stereocenters. The molecule has 2 aromatic heterocycles. The lowest BCUT2D eigenvalue weighted by Crippen LogP contribution is -2.20. The minimum absolute atomic E-state index is 0.369. The van der Waals surface area contributed by atoms with Gasteiger partial charge in [0, 0.05) is 18.1 Å². The number of carbonyl (C=O) groups is 2. The Kier molecular flexibility index (Phi) is 5.73. The maximum atomic E-state index is 12.3. The zero-order valence-electron chi connectivity index (χ0n) is 17.3. The number of thiophene rings is 1. The van der Waals surface area contributed by atoms with E-state index >= 15 is 0 Å². The summed E-state index contributed by atoms with van der Waals surface area (Å²) in [6, 6.07) is 16.5. The van der Waals surface area contributed by atoms with Gasteiger partial charge in [0.15, 0.2) is 6.61 Å². The predicted octanol–water partition coefficient (Wildman–Crippen LogP) is 4.84. The number of anilines is 1. The summed E-state index contributed by atoms with van der Waals surface area (Å²) in [5.74, 6) is 0.456. The van der Waals surface area contributed by atoms with Crippen molar-refractivity contribution >= 4 is 39.1 Å². The molecule has 0 fully saturated rings. The van der Waals surface area contributed by atoms with Crippen molar-refractivity contribution in [3.8, 4) is 11.5 Å². The quantitative estimate of drug-likeness (QED) is 0.438. The average molecular weight is 436 g/mol. The predicted molar refractivity (Wildman–Crippen MR) is 120 cm³/mol. The van der Waals surface area contributed by atoms with Crippen LogP contribution in [0.3, 0.4) is 0 Å². The number of fused-ring (bicyclic) bond motifs is 1. The first-order valence-electron chi connectivity index (χ1n) is 9.64. The number of aromatic nitrogens is 2. The molecule has 0 atom stereocenters. The van der Waals surface area contributed by atoms with Gasteiger partial charge in [-0.25, -0.2) is 4.79 Å². The Morgan fingerprint density at radius 1 is 1.06 bits per heavy atom. The molecule has 0 saturated heterocycles. The highest BCUT2D eigenvalue weighted by Gasteiger charge is 2.17. The number of aryl methyl sites for hydroxylation is 3. The fourth-order valence-corrected chi connectivity index (χ4v) is 4.14. The first-order chi connectivity index (χ1) is 14.9. The Labute approximate surface area is 183 Å². The second kappa shape index (κ2) is 8.61. The smallest absolute Gasteiger partial charge is 0.348 e. The lowest BCUT2D eigenvalue weighted by atomic mass is 10.2. The van der Waals surface area contributed by atoms with Gasteiger partial charge in [-0.1, -0.05) is 12.1 Å². The molecule has 2 heterocycles. The summed E-state index contributed by atoms with van der Waals surface area (Å²) in [5, 5.41) is 7.93. The number of rotatable bonds is 6. The van der Waals surface area contributed by atoms with Gasteiger partial charge in [-0.3, -0.25) is 9.48 Å². The highest BCUT2D eigenvalue weighted by atomic mass is 32.1. The third-order valence-electron chi connectivity index (χ3n) is 4.60. The van der Waals surface area contributed by atoms with Gasteiger partial charge in [0.25, 0.3) is 5.91 Å². The summed E-state index contributed by atoms with van der Waals surface area (Å²) in [6.07, 6.45) is 0. The largest absolute Gasteiger partial charge is 0.457 e. The van der Waals surface area contributed by atoms with Crippen molar-refractivity contribution in [2.75, 3.05) is 11.9 Å². The lowest BCUT2D eigenvalue weighted by molar-refractivity contribution is -0.119. The Hall–Kier alpha value is -3.65. The Morgan fingerprint density at radius 2 is 1.84 bits per heavy atom. The minimum atomic E-state index is -0.530. The molecular weight excluding hydrogens is 414 g/mol. The third kappa shape index (κ3) is 4.75. The highest BCUT2D eigenvalue weighted by Crippen LogP contribution is 2.28. The van der Waals surface area contributed by atoms with Crippen LogP contribution in [-0.2, 0) is 16.6 Å². The molecule has 1 amide bonds. The van der Waals surface area contributed by atoms with E-state index < -0.39 is 11.9 Å². The molecule has 2 aromatic carbocycles. The molecule has 0 aliphatic carbocycles. The molecule has 4 aromatic rings. The van der Waals surface area contributed by atoms with Crippen LogP contribution in [0.1, 0.15) is 20.9 Å². The fourth-order valence-electron chi connectivity index (χ4n) is 3.13. The zero-order chi connectivity index (χ0) is 22.0. The second-order valence-electron chi connectivity index (χ2n) is 7.11. The van der Waals surface area contributed by atoms with Gasteiger partial charge in [-0.2, -0.15) is 5.10 Å². The van der Waals surface area contributed by atoms with E-state index in [4.69, 9.17) is 9.47 Å². The first kappa shape index (κ1) is 20.6. The van der Waals surface area contributed by atoms with Gasteiger partial charge >= 0.3 is 5.97 Å². The summed E-state index contributed by atoms with van der Waals surface area (Å²) in [7, 11) is 1.82. The van der Waals surface area contributed by atoms with Crippen molar-refractivity contribution in [3.63, 3.8) is 0 Å². The number of hydrogen-bond donors (Lipinski definition) is 1. The van der Waals surface area contributed by atoms with Crippen molar-refractivity contribution in [1.82, 2.24) is 9.78 Å². The second-order valence-corrected chi connectivity index (χ2v) is 8.14. The molecular formula is C23H21N3O4S. The van der Waals surface area contributed by atoms with E-state index in [1.54, 1.807) is 35.0 Å². The molecule has 0 aliphatic rings. The molecule has 0 saturated carbocycles. The van der Waals surface area contributed by atoms with Crippen LogP contribution in [0.15, 0.2) is 54.6 Å². The van der Waals surface area contributed by atoms with E-state index in [1.807, 2.05) is 45.2 Å². The maximum absolute atomic E-state index is 12.3. The van der Waals surface area contributed by atoms with Crippen LogP contribution in [0.5, 0.6) is 11.5 Å². The summed E-state index contributed by atoms with van der Waals surface area (Å²) in [4.78, 5) is 25.8. The Bertz CT molecular complexity index is 1220. The maximum Gasteiger partial charge on any atom is 0.348 e. The normalized spacial score (nSPS) is 10.8. The number of nitrogens with zero attached hydrogens (tertiary/aromatic N) is 2. The van der Waals surface area contributed by atoms with Crippen LogP contribution in [0, 0.1) is 13.8 Å². The number of carbonyl (C=O) groups excluding carboxylic acids is 2. The van der Waals surface area contributed by atoms with E-state index in [1.165, 1.54) is 11.3 Å². The number of nitrogens with one attached hydrogen (secondary N) is 1. The third-order valence-corrected chi connectivity index (χ3v) is 5.78. The monoisotopic (exact) mass is 435 g/mol. The topological polar surface area (TPSA) is 82.4 Å². The van der Waals surface area contributed by atoms with Crippen LogP contribution in [0.4, 0.5) is 5.69 Å². The first-order valence-corrected chi connectivity index (χ1v) is 10.5. The van der Waals surface area contributed by atoms with E-state index in [0.717, 1.165) is 27.2 Å². The number of ether oxygens (including phenoxy) is 2. The van der Waals surface area contributed by atoms with Crippen molar-refractivity contribution < 1.29 is 19.1 Å². The van der Waals surface area contributed by atoms with Crippen molar-refractivity contribution in [3.05, 3.63) is 70.7 Å². The van der Waals surface area contributed by atoms with Gasteiger partial charge in [-0.15, -0.1) is 11.3 Å². The molecule has 0 spiro atoms. The van der Waals surface area contributed by atoms with E-state index in [2.05, 4.69) is 10.4 Å². The SMILES string of the molecule is Cc1cccc(Oc2ccc(NC(=O)COC(=O)c3cc4c(C)nn(C)c4s3)cc2)c1. The zero-order valence-corrected chi connectivity index (χ0v) is 18.2. The molecule has 7 nitrogen and oxygen atoms in total. The summed E-state index contributed by atoms with van der Waals surface area (Å²) < 4.78 is 12.7. The van der Waals surface area contributed by atoms with E-state index in [0.29, 0.717) is 16.3 Å². The minimum Gasteiger partial charge on any atom is -0.457 e. The molecule has 31 heavy (non-hydrogen) atoms. The molecule has 1 N–H and O–H groups in total. The Balaban J connectivity index is 1.30. The number of amides is 1. The van der Waals surface area contributed by atoms with Crippen LogP contribution in [-0.4, -0.2) is 28.3 Å². The summed E-state index contributed by atoms with van der Waals surface area (Å²) in [6.45, 7) is 3.51. The lowest BCUT2D eigenvalue weighted by Gasteiger charge is -2.09. The van der Waals surface area contributed by atoms with Crippen LogP contribution >= 0.6 is 11.3 Å². The Morgan fingerprint density at radius 3 is 2.55 bits per heavy atom. The summed E-state index contributed by atoms with van der Waals surface area (Å²) >= 11 is 1.29. The van der Waals surface area contributed by atoms with Crippen LogP contribution in [0.25, 0.3) is 10.2 Å². The molecule has 4 rings (SSSR count). The molecule has 8 heteroatoms. The van der Waals surface area contributed by atoms with Gasteiger partial charge in [0.05, 0.1) is 5.69 Å². The number of benzene rings is 2. The number of esters is 1. The van der Waals surface area contributed by atoms with Crippen molar-refractivity contribution in [2.24, 2.45) is 7.05 Å². The van der Waals surface area contributed by atoms with Gasteiger partial charge in [0.2, 0.25) is 0 Å². The number of hydrogen-bond acceptors (Lipinski definition) is 6. The van der Waals surface area contributed by atoms with Crippen LogP contribution < -0.4 is 10.1 Å². The van der Waals surface area contributed by atoms with Gasteiger partial charge < -0.3 is 14.8 Å². The van der Waals surface area contributed by atoms with Crippen molar-refractivity contribution in [1.29, 1.82) is 0 Å². The van der Waals surface area contributed by atoms with Crippen molar-refractivity contribution in [2.45, 2.75) is 13.8 Å². The molecule has 0 bridgehead atoms. The summed E-state index contributed by atoms with van der Waals surface area (Å²) in [5.41, 5.74) is 2.54. The molecule has 158 valence electrons. The fraction of sp³-hybridized carbons (Fsp3) is 0.174. The average Bonchev–Trinajstić information content (AvgIpc) is 3.29. The molecule has 0 aliphatic heterocycles. The van der Waals surface area contributed by atoms with Gasteiger partial charge in [-0.05, 0) is 61.9 Å². The van der Waals surface area contributed by atoms with Crippen LogP contribution in [0.2, 0.25) is 0 Å². The standard InChI is InChI=1S/C23H21N3O4S/c1-14-5-4-6-18(11-14)30-17-9-7-16(8-10-17)24-21(27)13-29-23(28)20-12-19-15(2)25-26(3)22(19)31-20/h4-12H,13H2,1-3H3,(H,24,27). The van der Waals surface area contributed by atoms with Gasteiger partial charge in [0.1, 0.15) is 21.2 Å². The van der Waals surface area contributed by atoms with E-state index in [9.17, 15) is 9.59 Å². The molecule has 0 radical (unpaired) electrons.